The molecule has 4 rings (SSSR count). The minimum Gasteiger partial charge on any atom is -0.351 e. The molecule has 0 saturated carbocycles. The molecule has 134 valence electrons. The number of aryl methyl sites for hydroxylation is 2. The van der Waals surface area contributed by atoms with Crippen LogP contribution in [0, 0.1) is 5.82 Å². The van der Waals surface area contributed by atoms with Crippen molar-refractivity contribution in [1.29, 1.82) is 0 Å². The number of aromatic nitrogens is 2. The fourth-order valence-corrected chi connectivity index (χ4v) is 5.41. The molecule has 2 heterocycles. The van der Waals surface area contributed by atoms with Gasteiger partial charge in [-0.25, -0.2) is 14.4 Å². The lowest BCUT2D eigenvalue weighted by Gasteiger charge is -2.12. The molecule has 0 fully saturated rings. The molecule has 0 aliphatic heterocycles. The summed E-state index contributed by atoms with van der Waals surface area (Å²) in [6, 6.07) is 6.15. The third-order valence-electron chi connectivity index (χ3n) is 4.50. The Hall–Kier alpha value is -1.99. The summed E-state index contributed by atoms with van der Waals surface area (Å²) in [5.41, 5.74) is 2.24. The summed E-state index contributed by atoms with van der Waals surface area (Å²) >= 11 is 3.22. The first-order valence-corrected chi connectivity index (χ1v) is 10.3. The number of carbonyl (C=O) groups is 1. The highest BCUT2D eigenvalue weighted by atomic mass is 32.2. The molecule has 1 aliphatic rings. The molecular formula is C19H18FN3OS2. The van der Waals surface area contributed by atoms with Crippen LogP contribution in [0.3, 0.4) is 0 Å². The van der Waals surface area contributed by atoms with Gasteiger partial charge < -0.3 is 5.32 Å². The Bertz CT molecular complexity index is 955. The number of hydrogen-bond donors (Lipinski definition) is 1. The van der Waals surface area contributed by atoms with Crippen molar-refractivity contribution in [3.63, 3.8) is 0 Å². The molecule has 1 atom stereocenters. The number of rotatable bonds is 5. The van der Waals surface area contributed by atoms with Crippen molar-refractivity contribution in [3.8, 4) is 0 Å². The zero-order chi connectivity index (χ0) is 18.1. The standard InChI is InChI=1S/C19H18FN3OS2/c1-11(17(24)21-9-12-5-7-13(20)8-6-12)25-18-16-14-3-2-4-15(14)26-19(16)23-10-22-18/h5-8,10-11H,2-4,9H2,1H3,(H,21,24). The summed E-state index contributed by atoms with van der Waals surface area (Å²) < 4.78 is 12.9. The fourth-order valence-electron chi connectivity index (χ4n) is 3.15. The molecule has 1 unspecified atom stereocenters. The SMILES string of the molecule is CC(Sc1ncnc2sc3c(c12)CCC3)C(=O)NCc1ccc(F)cc1. The maximum atomic E-state index is 12.9. The summed E-state index contributed by atoms with van der Waals surface area (Å²) in [5, 5.41) is 4.66. The third kappa shape index (κ3) is 3.46. The van der Waals surface area contributed by atoms with Crippen LogP contribution in [0.15, 0.2) is 35.6 Å². The molecule has 2 aromatic heterocycles. The van der Waals surface area contributed by atoms with E-state index in [1.807, 2.05) is 6.92 Å². The third-order valence-corrected chi connectivity index (χ3v) is 6.80. The van der Waals surface area contributed by atoms with E-state index in [1.54, 1.807) is 29.8 Å². The predicted octanol–water partition coefficient (Wildman–Crippen LogP) is 4.12. The van der Waals surface area contributed by atoms with Crippen LogP contribution >= 0.6 is 23.1 Å². The summed E-state index contributed by atoms with van der Waals surface area (Å²) in [6.45, 7) is 2.27. The number of thioether (sulfide) groups is 1. The molecule has 0 radical (unpaired) electrons. The number of nitrogens with one attached hydrogen (secondary N) is 1. The Kier molecular flexibility index (Phi) is 4.91. The van der Waals surface area contributed by atoms with E-state index in [1.165, 1.54) is 40.8 Å². The lowest BCUT2D eigenvalue weighted by Crippen LogP contribution is -2.30. The van der Waals surface area contributed by atoms with Crippen molar-refractivity contribution in [1.82, 2.24) is 15.3 Å². The van der Waals surface area contributed by atoms with Crippen molar-refractivity contribution in [2.24, 2.45) is 0 Å². The van der Waals surface area contributed by atoms with Crippen LogP contribution in [0.2, 0.25) is 0 Å². The summed E-state index contributed by atoms with van der Waals surface area (Å²) in [5.74, 6) is -0.335. The Morgan fingerprint density at radius 3 is 2.92 bits per heavy atom. The summed E-state index contributed by atoms with van der Waals surface area (Å²) in [7, 11) is 0. The molecule has 1 amide bonds. The minimum absolute atomic E-state index is 0.0574. The number of hydrogen-bond acceptors (Lipinski definition) is 5. The Morgan fingerprint density at radius 2 is 2.12 bits per heavy atom. The van der Waals surface area contributed by atoms with E-state index in [2.05, 4.69) is 15.3 Å². The molecule has 0 bridgehead atoms. The largest absolute Gasteiger partial charge is 0.351 e. The average Bonchev–Trinajstić information content (AvgIpc) is 3.22. The Labute approximate surface area is 159 Å². The van der Waals surface area contributed by atoms with Crippen LogP contribution in [-0.4, -0.2) is 21.1 Å². The van der Waals surface area contributed by atoms with E-state index in [9.17, 15) is 9.18 Å². The van der Waals surface area contributed by atoms with E-state index in [0.29, 0.717) is 6.54 Å². The Balaban J connectivity index is 1.46. The van der Waals surface area contributed by atoms with Crippen LogP contribution in [0.5, 0.6) is 0 Å². The molecule has 0 spiro atoms. The van der Waals surface area contributed by atoms with Gasteiger partial charge in [0.1, 0.15) is 22.0 Å². The topological polar surface area (TPSA) is 54.9 Å². The average molecular weight is 388 g/mol. The van der Waals surface area contributed by atoms with Crippen molar-refractivity contribution in [2.45, 2.75) is 43.0 Å². The van der Waals surface area contributed by atoms with Gasteiger partial charge in [0.05, 0.1) is 5.25 Å². The molecule has 1 aliphatic carbocycles. The molecule has 7 heteroatoms. The smallest absolute Gasteiger partial charge is 0.233 e. The number of nitrogens with zero attached hydrogens (tertiary/aromatic N) is 2. The number of carbonyl (C=O) groups excluding carboxylic acids is 1. The minimum atomic E-state index is -0.278. The maximum Gasteiger partial charge on any atom is 0.233 e. The highest BCUT2D eigenvalue weighted by Crippen LogP contribution is 2.40. The summed E-state index contributed by atoms with van der Waals surface area (Å²) in [6.07, 6.45) is 4.96. The van der Waals surface area contributed by atoms with Crippen LogP contribution in [0.1, 0.15) is 29.3 Å². The maximum absolute atomic E-state index is 12.9. The zero-order valence-corrected chi connectivity index (χ0v) is 15.9. The first kappa shape index (κ1) is 17.4. The van der Waals surface area contributed by atoms with Gasteiger partial charge in [0, 0.05) is 16.8 Å². The van der Waals surface area contributed by atoms with Gasteiger partial charge in [-0.2, -0.15) is 0 Å². The van der Waals surface area contributed by atoms with Gasteiger partial charge >= 0.3 is 0 Å². The van der Waals surface area contributed by atoms with Crippen molar-refractivity contribution < 1.29 is 9.18 Å². The highest BCUT2D eigenvalue weighted by molar-refractivity contribution is 8.00. The molecule has 0 saturated heterocycles. The van der Waals surface area contributed by atoms with Gasteiger partial charge in [-0.1, -0.05) is 23.9 Å². The number of thiophene rings is 1. The van der Waals surface area contributed by atoms with E-state index < -0.39 is 0 Å². The van der Waals surface area contributed by atoms with E-state index >= 15 is 0 Å². The predicted molar refractivity (Wildman–Crippen MR) is 103 cm³/mol. The van der Waals surface area contributed by atoms with E-state index in [4.69, 9.17) is 0 Å². The van der Waals surface area contributed by atoms with Crippen molar-refractivity contribution in [2.75, 3.05) is 0 Å². The highest BCUT2D eigenvalue weighted by Gasteiger charge is 2.23. The van der Waals surface area contributed by atoms with Crippen LogP contribution < -0.4 is 5.32 Å². The monoisotopic (exact) mass is 387 g/mol. The van der Waals surface area contributed by atoms with Crippen LogP contribution in [0.25, 0.3) is 10.2 Å². The van der Waals surface area contributed by atoms with Gasteiger partial charge in [-0.3, -0.25) is 4.79 Å². The van der Waals surface area contributed by atoms with E-state index in [-0.39, 0.29) is 17.0 Å². The molecule has 3 aromatic rings. The first-order valence-electron chi connectivity index (χ1n) is 8.56. The second kappa shape index (κ2) is 7.32. The molecular weight excluding hydrogens is 369 g/mol. The summed E-state index contributed by atoms with van der Waals surface area (Å²) in [4.78, 5) is 23.7. The lowest BCUT2D eigenvalue weighted by molar-refractivity contribution is -0.120. The molecule has 1 aromatic carbocycles. The molecule has 1 N–H and O–H groups in total. The zero-order valence-electron chi connectivity index (χ0n) is 14.3. The van der Waals surface area contributed by atoms with Gasteiger partial charge in [-0.15, -0.1) is 11.3 Å². The number of fused-ring (bicyclic) bond motifs is 3. The number of halogens is 1. The van der Waals surface area contributed by atoms with E-state index in [0.717, 1.165) is 33.6 Å². The first-order chi connectivity index (χ1) is 12.6. The van der Waals surface area contributed by atoms with Gasteiger partial charge in [0.2, 0.25) is 5.91 Å². The number of amides is 1. The van der Waals surface area contributed by atoms with Crippen LogP contribution in [-0.2, 0) is 24.2 Å². The van der Waals surface area contributed by atoms with Gasteiger partial charge in [0.15, 0.2) is 0 Å². The quantitative estimate of drug-likeness (QED) is 0.529. The second-order valence-corrected chi connectivity index (χ2v) is 8.73. The van der Waals surface area contributed by atoms with Crippen molar-refractivity contribution in [3.05, 3.63) is 52.4 Å². The van der Waals surface area contributed by atoms with Crippen LogP contribution in [0.4, 0.5) is 4.39 Å². The fraction of sp³-hybridized carbons (Fsp3) is 0.316. The second-order valence-electron chi connectivity index (χ2n) is 6.32. The normalized spacial score (nSPS) is 14.4. The lowest BCUT2D eigenvalue weighted by atomic mass is 10.2. The van der Waals surface area contributed by atoms with Crippen molar-refractivity contribution >= 4 is 39.2 Å². The van der Waals surface area contributed by atoms with Gasteiger partial charge in [0.25, 0.3) is 0 Å². The van der Waals surface area contributed by atoms with Gasteiger partial charge in [-0.05, 0) is 49.4 Å². The molecule has 4 nitrogen and oxygen atoms in total. The Morgan fingerprint density at radius 1 is 1.31 bits per heavy atom. The number of benzene rings is 1. The molecule has 26 heavy (non-hydrogen) atoms.